The summed E-state index contributed by atoms with van der Waals surface area (Å²) in [4.78, 5) is 12.8. The minimum absolute atomic E-state index is 0.309. The first-order valence-electron chi connectivity index (χ1n) is 12.3. The zero-order chi connectivity index (χ0) is 27.2. The summed E-state index contributed by atoms with van der Waals surface area (Å²) in [5.74, 6) is 0.841. The first-order valence-corrected chi connectivity index (χ1v) is 13.1. The maximum absolute atomic E-state index is 12.8. The lowest BCUT2D eigenvalue weighted by atomic mass is 10.1. The number of nitrogens with zero attached hydrogens (tertiary/aromatic N) is 2. The molecule has 0 aliphatic heterocycles. The molecule has 194 valence electrons. The smallest absolute Gasteiger partial charge is 0.271 e. The van der Waals surface area contributed by atoms with E-state index in [-0.39, 0.29) is 5.91 Å². The standard InChI is InChI=1S/C32H26BrN3O3/c1-38-30-20-22(19-27(33)31(30)39-2)21-34-35-32(37)25-13-15-26(16-14-25)36-28(23-9-5-3-6-10-23)17-18-29(36)24-11-7-4-8-12-24/h3-21H,1-2H3,(H,35,37)/b34-21-. The molecule has 0 aliphatic carbocycles. The lowest BCUT2D eigenvalue weighted by Gasteiger charge is -2.15. The molecule has 0 saturated heterocycles. The first kappa shape index (κ1) is 26.0. The molecule has 1 N–H and O–H groups in total. The molecule has 1 aromatic heterocycles. The Balaban J connectivity index is 1.39. The summed E-state index contributed by atoms with van der Waals surface area (Å²) in [5.41, 5.74) is 9.14. The minimum atomic E-state index is -0.309. The van der Waals surface area contributed by atoms with Gasteiger partial charge in [0.05, 0.1) is 36.3 Å². The second kappa shape index (κ2) is 11.8. The van der Waals surface area contributed by atoms with E-state index in [1.165, 1.54) is 0 Å². The average Bonchev–Trinajstić information content (AvgIpc) is 3.43. The van der Waals surface area contributed by atoms with Crippen LogP contribution in [-0.4, -0.2) is 30.9 Å². The molecular weight excluding hydrogens is 554 g/mol. The van der Waals surface area contributed by atoms with Crippen LogP contribution in [0.3, 0.4) is 0 Å². The molecule has 0 saturated carbocycles. The van der Waals surface area contributed by atoms with Crippen molar-refractivity contribution in [2.45, 2.75) is 0 Å². The Labute approximate surface area is 235 Å². The summed E-state index contributed by atoms with van der Waals surface area (Å²) in [6, 6.07) is 35.9. The Morgan fingerprint density at radius 1 is 0.795 bits per heavy atom. The second-order valence-electron chi connectivity index (χ2n) is 8.66. The van der Waals surface area contributed by atoms with Crippen molar-refractivity contribution < 1.29 is 14.3 Å². The number of hydrogen-bond acceptors (Lipinski definition) is 4. The predicted octanol–water partition coefficient (Wildman–Crippen LogP) is 7.35. The quantitative estimate of drug-likeness (QED) is 0.154. The number of halogens is 1. The maximum atomic E-state index is 12.8. The highest BCUT2D eigenvalue weighted by Crippen LogP contribution is 2.36. The van der Waals surface area contributed by atoms with Crippen LogP contribution in [0.15, 0.2) is 119 Å². The number of hydrogen-bond donors (Lipinski definition) is 1. The summed E-state index contributed by atoms with van der Waals surface area (Å²) in [6.07, 6.45) is 1.55. The number of aromatic nitrogens is 1. The van der Waals surface area contributed by atoms with Gasteiger partial charge < -0.3 is 14.0 Å². The van der Waals surface area contributed by atoms with E-state index >= 15 is 0 Å². The molecule has 4 aromatic carbocycles. The van der Waals surface area contributed by atoms with Crippen molar-refractivity contribution in [3.63, 3.8) is 0 Å². The Morgan fingerprint density at radius 3 is 1.92 bits per heavy atom. The van der Waals surface area contributed by atoms with Crippen LogP contribution in [0.25, 0.3) is 28.2 Å². The van der Waals surface area contributed by atoms with Crippen molar-refractivity contribution in [3.8, 4) is 39.7 Å². The number of amides is 1. The fourth-order valence-electron chi connectivity index (χ4n) is 4.39. The van der Waals surface area contributed by atoms with E-state index in [1.807, 2.05) is 54.6 Å². The highest BCUT2D eigenvalue weighted by Gasteiger charge is 2.14. The van der Waals surface area contributed by atoms with Crippen LogP contribution >= 0.6 is 15.9 Å². The Kier molecular flexibility index (Phi) is 7.89. The van der Waals surface area contributed by atoms with Gasteiger partial charge in [0, 0.05) is 11.3 Å². The van der Waals surface area contributed by atoms with Gasteiger partial charge in [-0.05, 0) is 81.2 Å². The Hall–Kier alpha value is -4.62. The SMILES string of the molecule is COc1cc(/C=N\NC(=O)c2ccc(-n3c(-c4ccccc4)ccc3-c3ccccc3)cc2)cc(Br)c1OC. The number of carbonyl (C=O) groups excluding carboxylic acids is 1. The van der Waals surface area contributed by atoms with Crippen molar-refractivity contribution in [1.82, 2.24) is 9.99 Å². The third-order valence-electron chi connectivity index (χ3n) is 6.24. The summed E-state index contributed by atoms with van der Waals surface area (Å²) in [7, 11) is 3.14. The zero-order valence-corrected chi connectivity index (χ0v) is 23.1. The lowest BCUT2D eigenvalue weighted by Crippen LogP contribution is -2.17. The first-order chi connectivity index (χ1) is 19.1. The van der Waals surface area contributed by atoms with Gasteiger partial charge in [-0.25, -0.2) is 5.43 Å². The maximum Gasteiger partial charge on any atom is 0.271 e. The molecule has 0 aliphatic rings. The summed E-state index contributed by atoms with van der Waals surface area (Å²) in [5, 5.41) is 4.12. The summed E-state index contributed by atoms with van der Waals surface area (Å²) in [6.45, 7) is 0. The van der Waals surface area contributed by atoms with E-state index in [1.54, 1.807) is 38.6 Å². The molecule has 5 rings (SSSR count). The number of rotatable bonds is 8. The van der Waals surface area contributed by atoms with Crippen molar-refractivity contribution in [3.05, 3.63) is 125 Å². The average molecular weight is 580 g/mol. The molecule has 0 atom stereocenters. The summed E-state index contributed by atoms with van der Waals surface area (Å²) >= 11 is 3.46. The van der Waals surface area contributed by atoms with E-state index in [4.69, 9.17) is 9.47 Å². The van der Waals surface area contributed by atoms with Gasteiger partial charge in [-0.3, -0.25) is 4.79 Å². The van der Waals surface area contributed by atoms with Gasteiger partial charge in [-0.2, -0.15) is 5.10 Å². The summed E-state index contributed by atoms with van der Waals surface area (Å²) < 4.78 is 13.6. The van der Waals surface area contributed by atoms with Gasteiger partial charge in [0.15, 0.2) is 11.5 Å². The second-order valence-corrected chi connectivity index (χ2v) is 9.51. The van der Waals surface area contributed by atoms with Gasteiger partial charge in [-0.1, -0.05) is 60.7 Å². The number of carbonyl (C=O) groups is 1. The van der Waals surface area contributed by atoms with Gasteiger partial charge >= 0.3 is 0 Å². The lowest BCUT2D eigenvalue weighted by molar-refractivity contribution is 0.0955. The monoisotopic (exact) mass is 579 g/mol. The van der Waals surface area contributed by atoms with Crippen LogP contribution in [0.4, 0.5) is 0 Å². The molecule has 1 heterocycles. The van der Waals surface area contributed by atoms with Crippen LogP contribution in [0.2, 0.25) is 0 Å². The molecule has 0 spiro atoms. The van der Waals surface area contributed by atoms with Crippen molar-refractivity contribution >= 4 is 28.1 Å². The number of methoxy groups -OCH3 is 2. The van der Waals surface area contributed by atoms with E-state index in [0.29, 0.717) is 17.1 Å². The third-order valence-corrected chi connectivity index (χ3v) is 6.83. The molecule has 6 nitrogen and oxygen atoms in total. The Morgan fingerprint density at radius 2 is 1.38 bits per heavy atom. The zero-order valence-electron chi connectivity index (χ0n) is 21.5. The van der Waals surface area contributed by atoms with Gasteiger partial charge in [0.1, 0.15) is 0 Å². The van der Waals surface area contributed by atoms with E-state index in [0.717, 1.165) is 38.2 Å². The van der Waals surface area contributed by atoms with E-state index < -0.39 is 0 Å². The molecule has 1 amide bonds. The van der Waals surface area contributed by atoms with Gasteiger partial charge in [0.2, 0.25) is 0 Å². The molecule has 0 bridgehead atoms. The minimum Gasteiger partial charge on any atom is -0.493 e. The fourth-order valence-corrected chi connectivity index (χ4v) is 5.01. The number of ether oxygens (including phenoxy) is 2. The highest BCUT2D eigenvalue weighted by molar-refractivity contribution is 9.10. The van der Waals surface area contributed by atoms with Crippen LogP contribution in [-0.2, 0) is 0 Å². The van der Waals surface area contributed by atoms with Crippen molar-refractivity contribution in [1.29, 1.82) is 0 Å². The normalized spacial score (nSPS) is 10.9. The van der Waals surface area contributed by atoms with Crippen LogP contribution in [0.1, 0.15) is 15.9 Å². The van der Waals surface area contributed by atoms with Crippen molar-refractivity contribution in [2.24, 2.45) is 5.10 Å². The molecule has 0 fully saturated rings. The Bertz CT molecular complexity index is 1560. The fraction of sp³-hybridized carbons (Fsp3) is 0.0625. The van der Waals surface area contributed by atoms with Crippen molar-refractivity contribution in [2.75, 3.05) is 14.2 Å². The van der Waals surface area contributed by atoms with Crippen LogP contribution in [0.5, 0.6) is 11.5 Å². The van der Waals surface area contributed by atoms with Gasteiger partial charge in [0.25, 0.3) is 5.91 Å². The molecule has 0 radical (unpaired) electrons. The molecular formula is C32H26BrN3O3. The largest absolute Gasteiger partial charge is 0.493 e. The van der Waals surface area contributed by atoms with E-state index in [2.05, 4.69) is 67.4 Å². The number of benzene rings is 4. The topological polar surface area (TPSA) is 64.8 Å². The highest BCUT2D eigenvalue weighted by atomic mass is 79.9. The van der Waals surface area contributed by atoms with E-state index in [9.17, 15) is 4.79 Å². The predicted molar refractivity (Wildman–Crippen MR) is 159 cm³/mol. The molecule has 5 aromatic rings. The molecule has 0 unspecified atom stereocenters. The number of hydrazone groups is 1. The van der Waals surface area contributed by atoms with Crippen LogP contribution < -0.4 is 14.9 Å². The molecule has 7 heteroatoms. The molecule has 39 heavy (non-hydrogen) atoms. The number of nitrogens with one attached hydrogen (secondary N) is 1. The van der Waals surface area contributed by atoms with Gasteiger partial charge in [-0.15, -0.1) is 0 Å². The third kappa shape index (κ3) is 5.63. The van der Waals surface area contributed by atoms with Crippen LogP contribution in [0, 0.1) is 0 Å².